The molecule has 0 N–H and O–H groups in total. The normalized spacial score (nSPS) is 12.8. The van der Waals surface area contributed by atoms with E-state index in [4.69, 9.17) is 4.74 Å². The third kappa shape index (κ3) is 4.37. The quantitative estimate of drug-likeness (QED) is 0.687. The van der Waals surface area contributed by atoms with Crippen LogP contribution in [0.3, 0.4) is 0 Å². The predicted molar refractivity (Wildman–Crippen MR) is 89.6 cm³/mol. The maximum absolute atomic E-state index is 13.3. The fourth-order valence-electron chi connectivity index (χ4n) is 1.92. The molecule has 0 aliphatic heterocycles. The Balaban J connectivity index is 2.46. The lowest BCUT2D eigenvalue weighted by atomic mass is 10.2. The minimum Gasteiger partial charge on any atom is -0.460 e. The molecule has 0 spiro atoms. The van der Waals surface area contributed by atoms with E-state index in [9.17, 15) is 13.2 Å². The van der Waals surface area contributed by atoms with Gasteiger partial charge in [0.25, 0.3) is 0 Å². The van der Waals surface area contributed by atoms with Crippen LogP contribution >= 0.6 is 15.9 Å². The van der Waals surface area contributed by atoms with Crippen molar-refractivity contribution >= 4 is 27.4 Å². The molecule has 0 aliphatic carbocycles. The average Bonchev–Trinajstić information content (AvgIpc) is 2.53. The van der Waals surface area contributed by atoms with Crippen molar-refractivity contribution in [2.75, 3.05) is 11.9 Å². The summed E-state index contributed by atoms with van der Waals surface area (Å²) in [5.74, 6) is -0.252. The maximum Gasteiger partial charge on any atom is 0.421 e. The molecule has 1 aromatic carbocycles. The number of ether oxygens (including phenoxy) is 1. The summed E-state index contributed by atoms with van der Waals surface area (Å²) in [7, 11) is 1.52. The second-order valence-electron chi connectivity index (χ2n) is 5.26. The minimum atomic E-state index is -4.56. The van der Waals surface area contributed by atoms with Crippen molar-refractivity contribution in [3.05, 3.63) is 40.5 Å². The van der Waals surface area contributed by atoms with Crippen LogP contribution in [0.1, 0.15) is 25.8 Å². The molecule has 0 amide bonds. The Morgan fingerprint density at radius 3 is 2.42 bits per heavy atom. The van der Waals surface area contributed by atoms with Gasteiger partial charge in [0, 0.05) is 23.4 Å². The molecule has 24 heavy (non-hydrogen) atoms. The summed E-state index contributed by atoms with van der Waals surface area (Å²) in [6, 6.07) is 6.81. The molecule has 0 saturated carbocycles. The zero-order chi connectivity index (χ0) is 17.9. The number of anilines is 2. The molecule has 1 aromatic heterocycles. The molecule has 2 aromatic rings. The lowest BCUT2D eigenvalue weighted by Gasteiger charge is -2.23. The van der Waals surface area contributed by atoms with Gasteiger partial charge in [-0.25, -0.2) is 4.98 Å². The van der Waals surface area contributed by atoms with E-state index in [2.05, 4.69) is 25.9 Å². The highest BCUT2D eigenvalue weighted by Crippen LogP contribution is 2.37. The van der Waals surface area contributed by atoms with Gasteiger partial charge >= 0.3 is 12.2 Å². The largest absolute Gasteiger partial charge is 0.460 e. The zero-order valence-corrected chi connectivity index (χ0v) is 15.0. The topological polar surface area (TPSA) is 38.2 Å². The Hall–Kier alpha value is -1.83. The molecule has 1 atom stereocenters. The standard InChI is InChI=1S/C16H17BrF3N3O/c1-4-10(2)24-15-21-9-13(16(18,19)20)14(22-15)23(3)12-7-5-11(17)6-8-12/h5-10H,4H2,1-3H3. The number of hydrogen-bond donors (Lipinski definition) is 0. The van der Waals surface area contributed by atoms with Gasteiger partial charge in [-0.15, -0.1) is 0 Å². The van der Waals surface area contributed by atoms with Gasteiger partial charge in [0.2, 0.25) is 0 Å². The van der Waals surface area contributed by atoms with Crippen LogP contribution in [0.15, 0.2) is 34.9 Å². The molecular weight excluding hydrogens is 387 g/mol. The highest BCUT2D eigenvalue weighted by molar-refractivity contribution is 9.10. The third-order valence-electron chi connectivity index (χ3n) is 3.47. The number of rotatable bonds is 5. The van der Waals surface area contributed by atoms with E-state index >= 15 is 0 Å². The second-order valence-corrected chi connectivity index (χ2v) is 6.18. The van der Waals surface area contributed by atoms with Gasteiger partial charge in [-0.05, 0) is 37.6 Å². The first-order chi connectivity index (χ1) is 11.2. The van der Waals surface area contributed by atoms with Crippen molar-refractivity contribution in [3.8, 4) is 6.01 Å². The third-order valence-corrected chi connectivity index (χ3v) is 3.99. The van der Waals surface area contributed by atoms with E-state index in [1.54, 1.807) is 31.2 Å². The summed E-state index contributed by atoms with van der Waals surface area (Å²) in [6.07, 6.45) is -3.29. The molecule has 4 nitrogen and oxygen atoms in total. The van der Waals surface area contributed by atoms with Gasteiger partial charge in [-0.2, -0.15) is 18.2 Å². The van der Waals surface area contributed by atoms with Crippen molar-refractivity contribution in [1.29, 1.82) is 0 Å². The molecule has 0 fully saturated rings. The number of hydrogen-bond acceptors (Lipinski definition) is 4. The lowest BCUT2D eigenvalue weighted by molar-refractivity contribution is -0.137. The molecule has 1 unspecified atom stereocenters. The smallest absolute Gasteiger partial charge is 0.421 e. The number of halogens is 4. The summed E-state index contributed by atoms with van der Waals surface area (Å²) >= 11 is 3.30. The van der Waals surface area contributed by atoms with Crippen LogP contribution < -0.4 is 9.64 Å². The number of aromatic nitrogens is 2. The molecule has 0 bridgehead atoms. The first-order valence-electron chi connectivity index (χ1n) is 7.32. The van der Waals surface area contributed by atoms with Crippen LogP contribution in [0.2, 0.25) is 0 Å². The first kappa shape index (κ1) is 18.5. The van der Waals surface area contributed by atoms with Crippen LogP contribution in [-0.2, 0) is 6.18 Å². The van der Waals surface area contributed by atoms with E-state index in [0.717, 1.165) is 10.7 Å². The van der Waals surface area contributed by atoms with Crippen LogP contribution in [0, 0.1) is 0 Å². The summed E-state index contributed by atoms with van der Waals surface area (Å²) in [5, 5.41) is 0. The van der Waals surface area contributed by atoms with Gasteiger partial charge in [0.05, 0.1) is 6.10 Å². The second kappa shape index (κ2) is 7.38. The molecule has 1 heterocycles. The van der Waals surface area contributed by atoms with Crippen LogP contribution in [0.4, 0.5) is 24.7 Å². The van der Waals surface area contributed by atoms with Gasteiger partial charge in [0.1, 0.15) is 5.56 Å². The summed E-state index contributed by atoms with van der Waals surface area (Å²) in [4.78, 5) is 9.04. The van der Waals surface area contributed by atoms with Crippen molar-refractivity contribution in [2.45, 2.75) is 32.5 Å². The molecule has 0 aliphatic rings. The van der Waals surface area contributed by atoms with Crippen LogP contribution in [0.5, 0.6) is 6.01 Å². The number of nitrogens with zero attached hydrogens (tertiary/aromatic N) is 3. The molecule has 0 radical (unpaired) electrons. The van der Waals surface area contributed by atoms with E-state index in [0.29, 0.717) is 12.1 Å². The molecular formula is C16H17BrF3N3O. The highest BCUT2D eigenvalue weighted by atomic mass is 79.9. The van der Waals surface area contributed by atoms with E-state index in [1.807, 2.05) is 6.92 Å². The predicted octanol–water partition coefficient (Wildman–Crippen LogP) is 5.20. The van der Waals surface area contributed by atoms with Crippen molar-refractivity contribution in [2.24, 2.45) is 0 Å². The average molecular weight is 404 g/mol. The Morgan fingerprint density at radius 2 is 1.88 bits per heavy atom. The van der Waals surface area contributed by atoms with Crippen LogP contribution in [0.25, 0.3) is 0 Å². The van der Waals surface area contributed by atoms with Crippen molar-refractivity contribution in [3.63, 3.8) is 0 Å². The van der Waals surface area contributed by atoms with Gasteiger partial charge < -0.3 is 9.64 Å². The minimum absolute atomic E-state index is 0.0729. The Kier molecular flexibility index (Phi) is 5.69. The zero-order valence-electron chi connectivity index (χ0n) is 13.4. The fraction of sp³-hybridized carbons (Fsp3) is 0.375. The van der Waals surface area contributed by atoms with E-state index in [1.165, 1.54) is 11.9 Å². The Labute approximate surface area is 146 Å². The van der Waals surface area contributed by atoms with Crippen LogP contribution in [-0.4, -0.2) is 23.1 Å². The fourth-order valence-corrected chi connectivity index (χ4v) is 2.18. The number of alkyl halides is 3. The van der Waals surface area contributed by atoms with E-state index in [-0.39, 0.29) is 17.9 Å². The van der Waals surface area contributed by atoms with Gasteiger partial charge in [-0.3, -0.25) is 0 Å². The lowest BCUT2D eigenvalue weighted by Crippen LogP contribution is -2.20. The molecule has 130 valence electrons. The summed E-state index contributed by atoms with van der Waals surface area (Å²) in [5.41, 5.74) is -0.346. The monoisotopic (exact) mass is 403 g/mol. The summed E-state index contributed by atoms with van der Waals surface area (Å²) in [6.45, 7) is 3.71. The van der Waals surface area contributed by atoms with Gasteiger partial charge in [0.15, 0.2) is 5.82 Å². The van der Waals surface area contributed by atoms with Crippen molar-refractivity contribution < 1.29 is 17.9 Å². The highest BCUT2D eigenvalue weighted by Gasteiger charge is 2.36. The Bertz CT molecular complexity index is 692. The van der Waals surface area contributed by atoms with Crippen molar-refractivity contribution in [1.82, 2.24) is 9.97 Å². The summed E-state index contributed by atoms with van der Waals surface area (Å²) < 4.78 is 46.2. The van der Waals surface area contributed by atoms with E-state index < -0.39 is 11.7 Å². The molecule has 8 heteroatoms. The SMILES string of the molecule is CCC(C)Oc1ncc(C(F)(F)F)c(N(C)c2ccc(Br)cc2)n1. The van der Waals surface area contributed by atoms with Gasteiger partial charge in [-0.1, -0.05) is 22.9 Å². The Morgan fingerprint density at radius 1 is 1.25 bits per heavy atom. The molecule has 2 rings (SSSR count). The molecule has 0 saturated heterocycles. The maximum atomic E-state index is 13.3. The number of benzene rings is 1. The first-order valence-corrected chi connectivity index (χ1v) is 8.11.